The van der Waals surface area contributed by atoms with E-state index in [-0.39, 0.29) is 18.0 Å². The number of hydrogen-bond donors (Lipinski definition) is 0. The van der Waals surface area contributed by atoms with Crippen LogP contribution in [0, 0.1) is 11.8 Å². The molecule has 2 aliphatic carbocycles. The van der Waals surface area contributed by atoms with Gasteiger partial charge in [-0.2, -0.15) is 0 Å². The summed E-state index contributed by atoms with van der Waals surface area (Å²) in [6.07, 6.45) is 12.0. The van der Waals surface area contributed by atoms with Crippen LogP contribution < -0.4 is 0 Å². The van der Waals surface area contributed by atoms with Gasteiger partial charge in [-0.1, -0.05) is 39.5 Å². The zero-order chi connectivity index (χ0) is 16.9. The second kappa shape index (κ2) is 8.62. The highest BCUT2D eigenvalue weighted by Crippen LogP contribution is 2.45. The fraction of sp³-hybridized carbons (Fsp3) is 0.950. The molecule has 0 unspecified atom stereocenters. The highest BCUT2D eigenvalue weighted by molar-refractivity contribution is 5.80. The van der Waals surface area contributed by atoms with E-state index >= 15 is 0 Å². The normalized spacial score (nSPS) is 35.6. The molecule has 1 spiro atoms. The van der Waals surface area contributed by atoms with Crippen molar-refractivity contribution in [1.29, 1.82) is 0 Å². The third kappa shape index (κ3) is 5.29. The maximum atomic E-state index is 10.7. The lowest BCUT2D eigenvalue weighted by atomic mass is 10.0. The average Bonchev–Trinajstić information content (AvgIpc) is 3.14. The number of Topliss-reactive ketones (excluding diaryl/α,β-unsaturated/α-hetero) is 1. The molecule has 1 saturated heterocycles. The summed E-state index contributed by atoms with van der Waals surface area (Å²) in [6.45, 7) is 8.68. The van der Waals surface area contributed by atoms with Gasteiger partial charge in [0.2, 0.25) is 0 Å². The van der Waals surface area contributed by atoms with Crippen LogP contribution in [0.1, 0.15) is 91.9 Å². The average molecular weight is 325 g/mol. The summed E-state index contributed by atoms with van der Waals surface area (Å²) < 4.78 is 12.0. The molecule has 3 heteroatoms. The molecule has 0 aromatic carbocycles. The molecule has 134 valence electrons. The van der Waals surface area contributed by atoms with Crippen LogP contribution in [0.25, 0.3) is 0 Å². The predicted molar refractivity (Wildman–Crippen MR) is 93.3 cm³/mol. The van der Waals surface area contributed by atoms with Crippen molar-refractivity contribution in [2.75, 3.05) is 0 Å². The summed E-state index contributed by atoms with van der Waals surface area (Å²) in [5.74, 6) is 1.85. The van der Waals surface area contributed by atoms with Gasteiger partial charge in [0.25, 0.3) is 0 Å². The molecular weight excluding hydrogens is 288 g/mol. The molecule has 2 saturated carbocycles. The number of ether oxygens (including phenoxy) is 2. The minimum Gasteiger partial charge on any atom is -0.344 e. The number of rotatable bonds is 4. The molecule has 3 rings (SSSR count). The second-order valence-corrected chi connectivity index (χ2v) is 7.89. The van der Waals surface area contributed by atoms with Crippen molar-refractivity contribution in [1.82, 2.24) is 0 Å². The number of carbonyl (C=O) groups is 1. The van der Waals surface area contributed by atoms with Crippen LogP contribution in [-0.4, -0.2) is 23.8 Å². The summed E-state index contributed by atoms with van der Waals surface area (Å²) in [6, 6.07) is 0. The molecule has 3 fully saturated rings. The first kappa shape index (κ1) is 18.9. The van der Waals surface area contributed by atoms with Crippen molar-refractivity contribution in [2.24, 2.45) is 11.8 Å². The molecule has 0 aromatic rings. The Morgan fingerprint density at radius 3 is 2.13 bits per heavy atom. The minimum absolute atomic E-state index is 0.196. The fourth-order valence-corrected chi connectivity index (χ4v) is 4.38. The molecule has 0 radical (unpaired) electrons. The summed E-state index contributed by atoms with van der Waals surface area (Å²) in [5.41, 5.74) is 0. The zero-order valence-electron chi connectivity index (χ0n) is 15.6. The van der Waals surface area contributed by atoms with Crippen LogP contribution in [0.5, 0.6) is 0 Å². The SMILES string of the molecule is CCC[C@H]1CCC(=O)C1.CCC[C@H]1CCC2(C1)O[C@H](C)[C@@H](C)O2. The van der Waals surface area contributed by atoms with Crippen LogP contribution in [-0.2, 0) is 14.3 Å². The van der Waals surface area contributed by atoms with E-state index in [0.717, 1.165) is 43.9 Å². The van der Waals surface area contributed by atoms with E-state index in [2.05, 4.69) is 27.7 Å². The van der Waals surface area contributed by atoms with Crippen molar-refractivity contribution in [3.63, 3.8) is 0 Å². The van der Waals surface area contributed by atoms with Crippen molar-refractivity contribution >= 4 is 5.78 Å². The van der Waals surface area contributed by atoms with E-state index in [9.17, 15) is 4.79 Å². The van der Waals surface area contributed by atoms with E-state index in [1.165, 1.54) is 32.1 Å². The minimum atomic E-state index is -0.196. The third-order valence-electron chi connectivity index (χ3n) is 5.74. The van der Waals surface area contributed by atoms with E-state index in [1.807, 2.05) is 0 Å². The number of hydrogen-bond acceptors (Lipinski definition) is 3. The molecule has 3 nitrogen and oxygen atoms in total. The molecule has 0 aromatic heterocycles. The van der Waals surface area contributed by atoms with Crippen LogP contribution in [0.2, 0.25) is 0 Å². The van der Waals surface area contributed by atoms with Crippen molar-refractivity contribution in [2.45, 2.75) is 110 Å². The summed E-state index contributed by atoms with van der Waals surface area (Å²) in [5, 5.41) is 0. The van der Waals surface area contributed by atoms with Crippen molar-refractivity contribution in [3.05, 3.63) is 0 Å². The highest BCUT2D eigenvalue weighted by atomic mass is 16.8. The Morgan fingerprint density at radius 2 is 1.61 bits per heavy atom. The summed E-state index contributed by atoms with van der Waals surface area (Å²) >= 11 is 0. The Morgan fingerprint density at radius 1 is 1.00 bits per heavy atom. The lowest BCUT2D eigenvalue weighted by Crippen LogP contribution is -2.27. The topological polar surface area (TPSA) is 35.5 Å². The van der Waals surface area contributed by atoms with E-state index in [0.29, 0.717) is 5.78 Å². The van der Waals surface area contributed by atoms with Gasteiger partial charge in [0.05, 0.1) is 12.2 Å². The lowest BCUT2D eigenvalue weighted by Gasteiger charge is -2.22. The van der Waals surface area contributed by atoms with Crippen molar-refractivity contribution < 1.29 is 14.3 Å². The lowest BCUT2D eigenvalue weighted by molar-refractivity contribution is -0.169. The summed E-state index contributed by atoms with van der Waals surface area (Å²) in [4.78, 5) is 10.7. The Balaban J connectivity index is 0.000000185. The van der Waals surface area contributed by atoms with Crippen LogP contribution >= 0.6 is 0 Å². The summed E-state index contributed by atoms with van der Waals surface area (Å²) in [7, 11) is 0. The molecule has 0 N–H and O–H groups in total. The quantitative estimate of drug-likeness (QED) is 0.707. The van der Waals surface area contributed by atoms with Crippen LogP contribution in [0.3, 0.4) is 0 Å². The molecule has 4 atom stereocenters. The maximum Gasteiger partial charge on any atom is 0.169 e. The maximum absolute atomic E-state index is 10.7. The fourth-order valence-electron chi connectivity index (χ4n) is 4.38. The monoisotopic (exact) mass is 324 g/mol. The number of ketones is 1. The van der Waals surface area contributed by atoms with Gasteiger partial charge < -0.3 is 9.47 Å². The van der Waals surface area contributed by atoms with Gasteiger partial charge in [0.15, 0.2) is 5.79 Å². The Bertz CT molecular complexity index is 369. The van der Waals surface area contributed by atoms with Gasteiger partial charge >= 0.3 is 0 Å². The van der Waals surface area contributed by atoms with Crippen molar-refractivity contribution in [3.8, 4) is 0 Å². The van der Waals surface area contributed by atoms with Gasteiger partial charge in [-0.25, -0.2) is 0 Å². The predicted octanol–water partition coefficient (Wildman–Crippen LogP) is 5.26. The van der Waals surface area contributed by atoms with E-state index in [4.69, 9.17) is 9.47 Å². The van der Waals surface area contributed by atoms with Gasteiger partial charge in [-0.3, -0.25) is 4.79 Å². The van der Waals surface area contributed by atoms with Crippen LogP contribution in [0.4, 0.5) is 0 Å². The second-order valence-electron chi connectivity index (χ2n) is 7.89. The molecule has 0 bridgehead atoms. The number of carbonyl (C=O) groups excluding carboxylic acids is 1. The molecular formula is C20H36O3. The molecule has 23 heavy (non-hydrogen) atoms. The third-order valence-corrected chi connectivity index (χ3v) is 5.74. The standard InChI is InChI=1S/C12H22O2.C8H14O/c1-4-5-11-6-7-12(8-11)13-9(2)10(3)14-12;1-2-3-7-4-5-8(9)6-7/h9-11H,4-8H2,1-3H3;7H,2-6H2,1H3/t9-,10-,11+;7-/m10/s1. The van der Waals surface area contributed by atoms with Crippen LogP contribution in [0.15, 0.2) is 0 Å². The molecule has 1 aliphatic heterocycles. The molecule has 1 heterocycles. The first-order chi connectivity index (χ1) is 11.0. The Hall–Kier alpha value is -0.410. The first-order valence-electron chi connectivity index (χ1n) is 9.85. The van der Waals surface area contributed by atoms with Gasteiger partial charge in [0, 0.05) is 25.7 Å². The Kier molecular flexibility index (Phi) is 7.09. The largest absolute Gasteiger partial charge is 0.344 e. The molecule has 0 amide bonds. The highest BCUT2D eigenvalue weighted by Gasteiger charge is 2.48. The van der Waals surface area contributed by atoms with Gasteiger partial charge in [-0.05, 0) is 38.5 Å². The Labute approximate surface area is 142 Å². The van der Waals surface area contributed by atoms with E-state index in [1.54, 1.807) is 0 Å². The van der Waals surface area contributed by atoms with E-state index < -0.39 is 0 Å². The smallest absolute Gasteiger partial charge is 0.169 e. The molecule has 3 aliphatic rings. The van der Waals surface area contributed by atoms with Gasteiger partial charge in [-0.15, -0.1) is 0 Å². The first-order valence-corrected chi connectivity index (χ1v) is 9.85. The van der Waals surface area contributed by atoms with Gasteiger partial charge in [0.1, 0.15) is 5.78 Å². The zero-order valence-corrected chi connectivity index (χ0v) is 15.6.